The number of hydrogen-bond acceptors (Lipinski definition) is 3. The van der Waals surface area contributed by atoms with Crippen molar-refractivity contribution in [2.75, 3.05) is 27.2 Å². The first kappa shape index (κ1) is 13.0. The summed E-state index contributed by atoms with van der Waals surface area (Å²) in [6, 6.07) is -0.267. The summed E-state index contributed by atoms with van der Waals surface area (Å²) in [6.45, 7) is 3.23. The number of rotatable bonds is 4. The summed E-state index contributed by atoms with van der Waals surface area (Å²) in [4.78, 5) is 25.4. The Kier molecular flexibility index (Phi) is 4.73. The van der Waals surface area contributed by atoms with Gasteiger partial charge >= 0.3 is 0 Å². The van der Waals surface area contributed by atoms with Gasteiger partial charge < -0.3 is 15.5 Å². The summed E-state index contributed by atoms with van der Waals surface area (Å²) in [7, 11) is 3.43. The van der Waals surface area contributed by atoms with Gasteiger partial charge in [0, 0.05) is 26.1 Å². The lowest BCUT2D eigenvalue weighted by Gasteiger charge is -2.26. The zero-order chi connectivity index (χ0) is 12.1. The predicted molar refractivity (Wildman–Crippen MR) is 61.9 cm³/mol. The number of carbonyl (C=O) groups is 2. The van der Waals surface area contributed by atoms with Crippen LogP contribution in [0.2, 0.25) is 0 Å². The van der Waals surface area contributed by atoms with Crippen LogP contribution in [0.4, 0.5) is 0 Å². The maximum atomic E-state index is 12.1. The van der Waals surface area contributed by atoms with Crippen LogP contribution in [0.3, 0.4) is 0 Å². The second-order valence-corrected chi connectivity index (χ2v) is 4.26. The Morgan fingerprint density at radius 1 is 1.44 bits per heavy atom. The van der Waals surface area contributed by atoms with Gasteiger partial charge in [-0.3, -0.25) is 9.59 Å². The Balaban J connectivity index is 2.64. The molecule has 5 nitrogen and oxygen atoms in total. The van der Waals surface area contributed by atoms with Crippen molar-refractivity contribution in [3.8, 4) is 0 Å². The molecule has 1 saturated heterocycles. The molecular weight excluding hydrogens is 206 g/mol. The van der Waals surface area contributed by atoms with Crippen molar-refractivity contribution in [2.24, 2.45) is 5.92 Å². The summed E-state index contributed by atoms with van der Waals surface area (Å²) in [6.07, 6.45) is 1.69. The first-order chi connectivity index (χ1) is 7.61. The highest BCUT2D eigenvalue weighted by Crippen LogP contribution is 2.19. The van der Waals surface area contributed by atoms with Crippen molar-refractivity contribution < 1.29 is 9.59 Å². The van der Waals surface area contributed by atoms with Crippen molar-refractivity contribution in [1.82, 2.24) is 15.5 Å². The number of nitrogens with zero attached hydrogens (tertiary/aromatic N) is 1. The molecule has 92 valence electrons. The molecule has 1 fully saturated rings. The van der Waals surface area contributed by atoms with E-state index < -0.39 is 0 Å². The number of nitrogens with one attached hydrogen (secondary N) is 2. The second kappa shape index (κ2) is 5.84. The van der Waals surface area contributed by atoms with Gasteiger partial charge in [-0.05, 0) is 19.9 Å². The molecule has 0 spiro atoms. The monoisotopic (exact) mass is 227 g/mol. The third-order valence-electron chi connectivity index (χ3n) is 3.02. The zero-order valence-corrected chi connectivity index (χ0v) is 10.2. The first-order valence-electron chi connectivity index (χ1n) is 5.78. The molecule has 2 unspecified atom stereocenters. The van der Waals surface area contributed by atoms with Gasteiger partial charge in [-0.1, -0.05) is 6.92 Å². The van der Waals surface area contributed by atoms with Crippen molar-refractivity contribution in [3.05, 3.63) is 0 Å². The Morgan fingerprint density at radius 2 is 2.12 bits per heavy atom. The van der Waals surface area contributed by atoms with E-state index in [0.29, 0.717) is 13.1 Å². The number of carbonyl (C=O) groups excluding carboxylic acids is 2. The Labute approximate surface area is 96.6 Å². The van der Waals surface area contributed by atoms with Crippen molar-refractivity contribution in [2.45, 2.75) is 25.8 Å². The third kappa shape index (κ3) is 2.72. The van der Waals surface area contributed by atoms with E-state index in [2.05, 4.69) is 10.6 Å². The largest absolute Gasteiger partial charge is 0.357 e. The van der Waals surface area contributed by atoms with E-state index >= 15 is 0 Å². The van der Waals surface area contributed by atoms with Crippen LogP contribution in [0.5, 0.6) is 0 Å². The van der Waals surface area contributed by atoms with E-state index in [-0.39, 0.29) is 23.8 Å². The van der Waals surface area contributed by atoms with Gasteiger partial charge in [0.1, 0.15) is 6.04 Å². The highest BCUT2D eigenvalue weighted by Gasteiger charge is 2.34. The topological polar surface area (TPSA) is 61.4 Å². The maximum absolute atomic E-state index is 12.1. The lowest BCUT2D eigenvalue weighted by atomic mass is 10.1. The standard InChI is InChI=1S/C11H21N3O2/c1-8(7-12-2)11(16)14-6-4-5-9(14)10(15)13-3/h8-9,12H,4-7H2,1-3H3,(H,13,15). The lowest BCUT2D eigenvalue weighted by Crippen LogP contribution is -2.47. The van der Waals surface area contributed by atoms with E-state index in [4.69, 9.17) is 0 Å². The maximum Gasteiger partial charge on any atom is 0.242 e. The summed E-state index contributed by atoms with van der Waals surface area (Å²) in [5, 5.41) is 5.60. The summed E-state index contributed by atoms with van der Waals surface area (Å²) < 4.78 is 0. The number of likely N-dealkylation sites (N-methyl/N-ethyl adjacent to an activating group) is 1. The Bertz CT molecular complexity index is 268. The molecule has 0 radical (unpaired) electrons. The number of amides is 2. The first-order valence-corrected chi connectivity index (χ1v) is 5.78. The zero-order valence-electron chi connectivity index (χ0n) is 10.2. The molecule has 0 aromatic heterocycles. The summed E-state index contributed by atoms with van der Waals surface area (Å²) in [5.74, 6) is -0.0572. The molecule has 2 amide bonds. The Hall–Kier alpha value is -1.10. The molecule has 0 bridgehead atoms. The van der Waals surface area contributed by atoms with Crippen LogP contribution < -0.4 is 10.6 Å². The smallest absolute Gasteiger partial charge is 0.242 e. The Morgan fingerprint density at radius 3 is 2.69 bits per heavy atom. The van der Waals surface area contributed by atoms with Gasteiger partial charge in [-0.25, -0.2) is 0 Å². The normalized spacial score (nSPS) is 21.9. The van der Waals surface area contributed by atoms with Crippen LogP contribution in [-0.2, 0) is 9.59 Å². The molecule has 0 aliphatic carbocycles. The molecule has 0 aromatic carbocycles. The minimum atomic E-state index is -0.267. The van der Waals surface area contributed by atoms with Crippen molar-refractivity contribution in [1.29, 1.82) is 0 Å². The van der Waals surface area contributed by atoms with Gasteiger partial charge in [-0.15, -0.1) is 0 Å². The van der Waals surface area contributed by atoms with Crippen molar-refractivity contribution >= 4 is 11.8 Å². The number of hydrogen-bond donors (Lipinski definition) is 2. The lowest BCUT2D eigenvalue weighted by molar-refractivity contribution is -0.140. The quantitative estimate of drug-likeness (QED) is 0.685. The fourth-order valence-corrected chi connectivity index (χ4v) is 2.15. The highest BCUT2D eigenvalue weighted by molar-refractivity contribution is 5.88. The molecule has 0 saturated carbocycles. The SMILES string of the molecule is CNCC(C)C(=O)N1CCCC1C(=O)NC. The predicted octanol–water partition coefficient (Wildman–Crippen LogP) is -0.421. The third-order valence-corrected chi connectivity index (χ3v) is 3.02. The fraction of sp³-hybridized carbons (Fsp3) is 0.818. The molecule has 5 heteroatoms. The average molecular weight is 227 g/mol. The molecular formula is C11H21N3O2. The van der Waals surface area contributed by atoms with E-state index in [9.17, 15) is 9.59 Å². The van der Waals surface area contributed by atoms with Gasteiger partial charge in [0.2, 0.25) is 11.8 Å². The molecule has 1 aliphatic heterocycles. The van der Waals surface area contributed by atoms with Crippen LogP contribution in [-0.4, -0.2) is 49.9 Å². The van der Waals surface area contributed by atoms with E-state index in [1.165, 1.54) is 0 Å². The van der Waals surface area contributed by atoms with Crippen LogP contribution in [0.15, 0.2) is 0 Å². The summed E-state index contributed by atoms with van der Waals surface area (Å²) in [5.41, 5.74) is 0. The van der Waals surface area contributed by atoms with Crippen LogP contribution in [0.1, 0.15) is 19.8 Å². The number of likely N-dealkylation sites (tertiary alicyclic amines) is 1. The van der Waals surface area contributed by atoms with Gasteiger partial charge in [0.25, 0.3) is 0 Å². The van der Waals surface area contributed by atoms with Gasteiger partial charge in [0.15, 0.2) is 0 Å². The minimum absolute atomic E-state index is 0.0532. The highest BCUT2D eigenvalue weighted by atomic mass is 16.2. The molecule has 1 rings (SSSR count). The molecule has 16 heavy (non-hydrogen) atoms. The molecule has 1 heterocycles. The molecule has 2 atom stereocenters. The van der Waals surface area contributed by atoms with Gasteiger partial charge in [-0.2, -0.15) is 0 Å². The minimum Gasteiger partial charge on any atom is -0.357 e. The van der Waals surface area contributed by atoms with Crippen LogP contribution >= 0.6 is 0 Å². The van der Waals surface area contributed by atoms with Crippen LogP contribution in [0.25, 0.3) is 0 Å². The van der Waals surface area contributed by atoms with Crippen molar-refractivity contribution in [3.63, 3.8) is 0 Å². The second-order valence-electron chi connectivity index (χ2n) is 4.26. The molecule has 0 aromatic rings. The fourth-order valence-electron chi connectivity index (χ4n) is 2.15. The van der Waals surface area contributed by atoms with E-state index in [0.717, 1.165) is 12.8 Å². The van der Waals surface area contributed by atoms with E-state index in [1.807, 2.05) is 14.0 Å². The summed E-state index contributed by atoms with van der Waals surface area (Å²) >= 11 is 0. The average Bonchev–Trinajstić information content (AvgIpc) is 2.76. The molecule has 1 aliphatic rings. The van der Waals surface area contributed by atoms with Gasteiger partial charge in [0.05, 0.1) is 0 Å². The van der Waals surface area contributed by atoms with E-state index in [1.54, 1.807) is 11.9 Å². The van der Waals surface area contributed by atoms with Crippen LogP contribution in [0, 0.1) is 5.92 Å². The molecule has 2 N–H and O–H groups in total.